The highest BCUT2D eigenvalue weighted by molar-refractivity contribution is 5.53. The first-order chi connectivity index (χ1) is 33.1. The number of rotatable bonds is 27. The largest absolute Gasteiger partial charge is 0.507 e. The first-order valence-corrected chi connectivity index (χ1v) is 22.8. The molecule has 1 aliphatic rings. The van der Waals surface area contributed by atoms with Crippen molar-refractivity contribution >= 4 is 0 Å². The highest BCUT2D eigenvalue weighted by Crippen LogP contribution is 2.48. The van der Waals surface area contributed by atoms with Gasteiger partial charge in [0, 0.05) is 106 Å². The van der Waals surface area contributed by atoms with Gasteiger partial charge >= 0.3 is 0 Å². The highest BCUT2D eigenvalue weighted by Gasteiger charge is 2.38. The number of ether oxygens (including phenoxy) is 11. The summed E-state index contributed by atoms with van der Waals surface area (Å²) < 4.78 is 63.4. The lowest BCUT2D eigenvalue weighted by Crippen LogP contribution is -2.31. The van der Waals surface area contributed by atoms with Crippen LogP contribution in [0.25, 0.3) is 0 Å². The first-order valence-electron chi connectivity index (χ1n) is 22.8. The number of methoxy groups -OCH3 is 7. The van der Waals surface area contributed by atoms with Crippen molar-refractivity contribution in [3.05, 3.63) is 140 Å². The molecular weight excluding hydrogens is 873 g/mol. The maximum atomic E-state index is 11.6. The third-order valence-corrected chi connectivity index (χ3v) is 12.2. The van der Waals surface area contributed by atoms with Crippen LogP contribution in [-0.4, -0.2) is 71.9 Å². The maximum absolute atomic E-state index is 11.6. The minimum Gasteiger partial charge on any atom is -0.507 e. The molecule has 6 rings (SSSR count). The molecule has 1 fully saturated rings. The van der Waals surface area contributed by atoms with Crippen LogP contribution in [-0.2, 0) is 109 Å². The first kappa shape index (κ1) is 52.0. The summed E-state index contributed by atoms with van der Waals surface area (Å²) in [7, 11) is 11.3. The van der Waals surface area contributed by atoms with Crippen LogP contribution in [0.15, 0.2) is 72.8 Å². The van der Waals surface area contributed by atoms with Gasteiger partial charge in [-0.3, -0.25) is 0 Å². The van der Waals surface area contributed by atoms with E-state index in [9.17, 15) is 15.3 Å². The van der Waals surface area contributed by atoms with E-state index in [1.165, 1.54) is 0 Å². The van der Waals surface area contributed by atoms with Crippen LogP contribution in [0, 0.1) is 0 Å². The molecule has 14 nitrogen and oxygen atoms in total. The quantitative estimate of drug-likeness (QED) is 0.0337. The molecule has 1 saturated carbocycles. The van der Waals surface area contributed by atoms with Gasteiger partial charge in [-0.05, 0) is 95.8 Å². The molecule has 5 aromatic rings. The zero-order valence-electron chi connectivity index (χ0n) is 40.6. The third kappa shape index (κ3) is 13.0. The molecule has 0 unspecified atom stereocenters. The smallest absolute Gasteiger partial charge is 0.189 e. The third-order valence-electron chi connectivity index (χ3n) is 12.2. The van der Waals surface area contributed by atoms with Crippen LogP contribution in [0.1, 0.15) is 98.9 Å². The number of phenols is 3. The van der Waals surface area contributed by atoms with Crippen molar-refractivity contribution in [1.29, 1.82) is 0 Å². The van der Waals surface area contributed by atoms with E-state index in [2.05, 4.69) is 12.1 Å². The predicted octanol–water partition coefficient (Wildman–Crippen LogP) is 9.79. The lowest BCUT2D eigenvalue weighted by Gasteiger charge is -2.40. The van der Waals surface area contributed by atoms with Gasteiger partial charge in [0.1, 0.15) is 47.7 Å². The Morgan fingerprint density at radius 1 is 0.397 bits per heavy atom. The number of phenolic OH excluding ortho intramolecular Hbond substituents is 3. The molecule has 1 aliphatic carbocycles. The average Bonchev–Trinajstić information content (AvgIpc) is 3.34. The number of aromatic hydroxyl groups is 3. The van der Waals surface area contributed by atoms with Gasteiger partial charge in [-0.15, -0.1) is 0 Å². The summed E-state index contributed by atoms with van der Waals surface area (Å²) in [5, 5.41) is 33.3. The summed E-state index contributed by atoms with van der Waals surface area (Å²) in [6, 6.07) is 23.3. The van der Waals surface area contributed by atoms with Crippen LogP contribution < -0.4 is 14.2 Å². The Morgan fingerprint density at radius 2 is 0.750 bits per heavy atom. The molecule has 14 heteroatoms. The van der Waals surface area contributed by atoms with E-state index >= 15 is 0 Å². The molecule has 0 spiro atoms. The molecule has 0 aliphatic heterocycles. The van der Waals surface area contributed by atoms with E-state index in [0.717, 1.165) is 65.5 Å². The summed E-state index contributed by atoms with van der Waals surface area (Å²) in [5.41, 5.74) is 9.04. The van der Waals surface area contributed by atoms with Crippen molar-refractivity contribution < 1.29 is 67.4 Å². The van der Waals surface area contributed by atoms with E-state index < -0.39 is 5.41 Å². The summed E-state index contributed by atoms with van der Waals surface area (Å²) in [4.78, 5) is 0. The molecule has 0 amide bonds. The van der Waals surface area contributed by atoms with Crippen molar-refractivity contribution in [2.24, 2.45) is 0 Å². The minimum absolute atomic E-state index is 0.0679. The van der Waals surface area contributed by atoms with Crippen LogP contribution in [0.3, 0.4) is 0 Å². The molecular formula is C54H68O14. The monoisotopic (exact) mass is 940 g/mol. The van der Waals surface area contributed by atoms with Gasteiger partial charge in [0.2, 0.25) is 0 Å². The van der Waals surface area contributed by atoms with Gasteiger partial charge in [0.05, 0.1) is 52.9 Å². The van der Waals surface area contributed by atoms with Gasteiger partial charge in [0.15, 0.2) is 6.79 Å². The van der Waals surface area contributed by atoms with Crippen LogP contribution in [0.5, 0.6) is 34.5 Å². The Labute approximate surface area is 400 Å². The topological polar surface area (TPSA) is 162 Å². The zero-order chi connectivity index (χ0) is 48.5. The summed E-state index contributed by atoms with van der Waals surface area (Å²) in [6.07, 6.45) is 4.95. The Morgan fingerprint density at radius 3 is 1.15 bits per heavy atom. The van der Waals surface area contributed by atoms with Crippen molar-refractivity contribution in [1.82, 2.24) is 0 Å². The number of hydrogen-bond acceptors (Lipinski definition) is 14. The van der Waals surface area contributed by atoms with Crippen LogP contribution in [0.2, 0.25) is 0 Å². The second kappa shape index (κ2) is 25.8. The zero-order valence-corrected chi connectivity index (χ0v) is 40.6. The Bertz CT molecular complexity index is 2310. The molecule has 368 valence electrons. The second-order valence-electron chi connectivity index (χ2n) is 17.1. The fraction of sp³-hybridized carbons (Fsp3) is 0.444. The maximum Gasteiger partial charge on any atom is 0.189 e. The molecule has 0 radical (unpaired) electrons. The molecule has 68 heavy (non-hydrogen) atoms. The molecule has 0 atom stereocenters. The van der Waals surface area contributed by atoms with Crippen LogP contribution >= 0.6 is 0 Å². The number of hydrogen-bond donors (Lipinski definition) is 3. The Balaban J connectivity index is 1.18. The predicted molar refractivity (Wildman–Crippen MR) is 255 cm³/mol. The lowest BCUT2D eigenvalue weighted by molar-refractivity contribution is 0.00152. The molecule has 0 bridgehead atoms. The van der Waals surface area contributed by atoms with E-state index in [-0.39, 0.29) is 90.1 Å². The fourth-order valence-electron chi connectivity index (χ4n) is 9.19. The van der Waals surface area contributed by atoms with Gasteiger partial charge in [-0.2, -0.15) is 0 Å². The molecule has 3 N–H and O–H groups in total. The Hall–Kier alpha value is -5.42. The molecule has 0 heterocycles. The normalized spacial score (nSPS) is 13.5. The molecule has 5 aromatic carbocycles. The average molecular weight is 941 g/mol. The van der Waals surface area contributed by atoms with Crippen molar-refractivity contribution in [2.45, 2.75) is 104 Å². The van der Waals surface area contributed by atoms with E-state index in [4.69, 9.17) is 52.1 Å². The fourth-order valence-corrected chi connectivity index (χ4v) is 9.19. The second-order valence-corrected chi connectivity index (χ2v) is 17.1. The lowest BCUT2D eigenvalue weighted by atomic mass is 9.64. The van der Waals surface area contributed by atoms with E-state index in [1.54, 1.807) is 49.8 Å². The summed E-state index contributed by atoms with van der Waals surface area (Å²) >= 11 is 0. The molecule has 0 saturated heterocycles. The molecule has 0 aromatic heterocycles. The van der Waals surface area contributed by atoms with E-state index in [0.29, 0.717) is 50.6 Å². The summed E-state index contributed by atoms with van der Waals surface area (Å²) in [6.45, 7) is 2.24. The van der Waals surface area contributed by atoms with Gasteiger partial charge in [-0.25, -0.2) is 0 Å². The Kier molecular flexibility index (Phi) is 19.7. The van der Waals surface area contributed by atoms with Gasteiger partial charge < -0.3 is 67.4 Å². The summed E-state index contributed by atoms with van der Waals surface area (Å²) in [5.74, 6) is 2.27. The SMILES string of the molecule is COCc1cc(COc2cccc(OCc3cc(COC)c(OCOCc4cc(C5(c6cc(COC)c(O)c(COC)c6)CCCCC5)cc(COC)c4O)c(COC)c3)c2)cc(COC)c1O. The van der Waals surface area contributed by atoms with Crippen molar-refractivity contribution in [3.8, 4) is 34.5 Å². The van der Waals surface area contributed by atoms with Crippen LogP contribution in [0.4, 0.5) is 0 Å². The highest BCUT2D eigenvalue weighted by atomic mass is 16.7. The van der Waals surface area contributed by atoms with Crippen molar-refractivity contribution in [2.75, 3.05) is 56.6 Å². The van der Waals surface area contributed by atoms with Crippen molar-refractivity contribution in [3.63, 3.8) is 0 Å². The van der Waals surface area contributed by atoms with E-state index in [1.807, 2.05) is 60.7 Å². The number of benzene rings is 5. The van der Waals surface area contributed by atoms with Gasteiger partial charge in [-0.1, -0.05) is 25.3 Å². The minimum atomic E-state index is -0.399. The standard InChI is InChI=1S/C54H68O14/c1-58-27-38-16-36(17-39(28-59-2)50(38)55)25-66-48-12-11-13-49(24-48)67-26-37-18-44(32-63-6)53(45(19-37)33-64-7)68-35-65-34-43-23-47(22-42(31-62-5)52(43)57)54(14-9-8-10-15-54)46-20-40(29-60-3)51(56)41(21-46)30-61-4/h11-13,16-24,55-57H,8-10,14-15,25-35H2,1-7H3. The van der Waals surface area contributed by atoms with Gasteiger partial charge in [0.25, 0.3) is 0 Å².